The van der Waals surface area contributed by atoms with Gasteiger partial charge in [0.2, 0.25) is 17.7 Å². The van der Waals surface area contributed by atoms with Crippen molar-refractivity contribution in [3.63, 3.8) is 0 Å². The average molecular weight is 563 g/mol. The van der Waals surface area contributed by atoms with Crippen LogP contribution in [0.25, 0.3) is 0 Å². The Morgan fingerprint density at radius 2 is 1.79 bits per heavy atom. The number of hydrogen-bond donors (Lipinski definition) is 1. The van der Waals surface area contributed by atoms with Crippen molar-refractivity contribution in [2.24, 2.45) is 11.8 Å². The number of nitrogens with zero attached hydrogens (tertiary/aromatic N) is 4. The summed E-state index contributed by atoms with van der Waals surface area (Å²) in [5.41, 5.74) is 0. The molecule has 0 aromatic heterocycles. The normalized spacial score (nSPS) is 32.7. The monoisotopic (exact) mass is 562 g/mol. The Morgan fingerprint density at radius 1 is 1.15 bits per heavy atom. The summed E-state index contributed by atoms with van der Waals surface area (Å²) < 4.78 is 4.35. The Balaban J connectivity index is 1.69. The number of likely N-dealkylation sites (tertiary alicyclic amines) is 1. The third-order valence-electron chi connectivity index (χ3n) is 9.06. The standard InChI is InChI=1S/C29H46N4O5S/c1-6-11-31(12-7-2)25(35)22-23-26(36)33(21(4)20-34)24(29(23)10-9-28(22,5)39-29)27(37)32(13-8-3)15-14-30-16-18-38-19-17-30/h6,8,21-24,34H,1,3,7,9-20H2,2,4-5H3/t21-,22-,23+,24?,28+,29?/m1/s1. The molecule has 0 aromatic rings. The lowest BCUT2D eigenvalue weighted by Crippen LogP contribution is -2.58. The summed E-state index contributed by atoms with van der Waals surface area (Å²) in [5, 5.41) is 10.2. The van der Waals surface area contributed by atoms with Gasteiger partial charge in [0.1, 0.15) is 6.04 Å². The number of rotatable bonds is 13. The van der Waals surface area contributed by atoms with Crippen molar-refractivity contribution in [2.45, 2.75) is 61.6 Å². The minimum absolute atomic E-state index is 0.0216. The summed E-state index contributed by atoms with van der Waals surface area (Å²) in [6.07, 6.45) is 5.74. The molecular formula is C29H46N4O5S. The van der Waals surface area contributed by atoms with Crippen molar-refractivity contribution >= 4 is 29.5 Å². The maximum Gasteiger partial charge on any atom is 0.247 e. The number of aliphatic hydroxyl groups excluding tert-OH is 1. The van der Waals surface area contributed by atoms with Crippen molar-refractivity contribution in [1.29, 1.82) is 0 Å². The number of aliphatic hydroxyl groups is 1. The van der Waals surface area contributed by atoms with E-state index < -0.39 is 33.4 Å². The van der Waals surface area contributed by atoms with Crippen LogP contribution >= 0.6 is 11.8 Å². The average Bonchev–Trinajstić information content (AvgIpc) is 3.51. The summed E-state index contributed by atoms with van der Waals surface area (Å²) in [4.78, 5) is 50.3. The van der Waals surface area contributed by atoms with E-state index in [1.165, 1.54) is 0 Å². The van der Waals surface area contributed by atoms with E-state index >= 15 is 0 Å². The number of thioether (sulfide) groups is 1. The summed E-state index contributed by atoms with van der Waals surface area (Å²) >= 11 is 1.68. The van der Waals surface area contributed by atoms with Crippen molar-refractivity contribution < 1.29 is 24.2 Å². The summed E-state index contributed by atoms with van der Waals surface area (Å²) in [6.45, 7) is 19.1. The second-order valence-electron chi connectivity index (χ2n) is 11.6. The van der Waals surface area contributed by atoms with E-state index in [1.807, 2.05) is 11.8 Å². The molecule has 0 aliphatic carbocycles. The molecule has 4 rings (SSSR count). The molecule has 4 heterocycles. The maximum absolute atomic E-state index is 14.5. The zero-order valence-corrected chi connectivity index (χ0v) is 24.7. The third kappa shape index (κ3) is 5.29. The van der Waals surface area contributed by atoms with Crippen LogP contribution in [0.2, 0.25) is 0 Å². The van der Waals surface area contributed by atoms with E-state index in [-0.39, 0.29) is 24.3 Å². The first-order valence-electron chi connectivity index (χ1n) is 14.4. The minimum Gasteiger partial charge on any atom is -0.394 e. The fourth-order valence-corrected chi connectivity index (χ4v) is 9.53. The van der Waals surface area contributed by atoms with Gasteiger partial charge >= 0.3 is 0 Å². The highest BCUT2D eigenvalue weighted by atomic mass is 32.2. The first kappa shape index (κ1) is 30.1. The maximum atomic E-state index is 14.5. The highest BCUT2D eigenvalue weighted by Gasteiger charge is 2.77. The number of carbonyl (C=O) groups excluding carboxylic acids is 3. The molecule has 4 saturated heterocycles. The van der Waals surface area contributed by atoms with Crippen LogP contribution in [0, 0.1) is 11.8 Å². The van der Waals surface area contributed by atoms with Crippen LogP contribution in [0.15, 0.2) is 25.3 Å². The minimum atomic E-state index is -0.731. The molecule has 10 heteroatoms. The van der Waals surface area contributed by atoms with Crippen LogP contribution in [-0.2, 0) is 19.1 Å². The molecule has 218 valence electrons. The van der Waals surface area contributed by atoms with Gasteiger partial charge in [0.25, 0.3) is 0 Å². The van der Waals surface area contributed by atoms with Gasteiger partial charge in [-0.25, -0.2) is 0 Å². The lowest BCUT2D eigenvalue weighted by Gasteiger charge is -2.39. The van der Waals surface area contributed by atoms with Gasteiger partial charge in [0, 0.05) is 50.6 Å². The Kier molecular flexibility index (Phi) is 9.51. The number of fused-ring (bicyclic) bond motifs is 1. The summed E-state index contributed by atoms with van der Waals surface area (Å²) in [6, 6.07) is -1.26. The van der Waals surface area contributed by atoms with Crippen molar-refractivity contribution in [3.8, 4) is 0 Å². The topological polar surface area (TPSA) is 93.6 Å². The molecule has 3 amide bonds. The largest absolute Gasteiger partial charge is 0.394 e. The lowest BCUT2D eigenvalue weighted by atomic mass is 9.66. The second-order valence-corrected chi connectivity index (χ2v) is 13.5. The molecule has 4 aliphatic rings. The zero-order chi connectivity index (χ0) is 28.4. The number of ether oxygens (including phenoxy) is 1. The van der Waals surface area contributed by atoms with E-state index in [1.54, 1.807) is 40.6 Å². The molecular weight excluding hydrogens is 516 g/mol. The van der Waals surface area contributed by atoms with E-state index in [2.05, 4.69) is 25.0 Å². The Labute approximate surface area is 237 Å². The van der Waals surface area contributed by atoms with Crippen LogP contribution in [0.1, 0.15) is 40.0 Å². The van der Waals surface area contributed by atoms with E-state index in [4.69, 9.17) is 4.74 Å². The Morgan fingerprint density at radius 3 is 2.38 bits per heavy atom. The van der Waals surface area contributed by atoms with E-state index in [0.29, 0.717) is 45.8 Å². The highest BCUT2D eigenvalue weighted by Crippen LogP contribution is 2.71. The molecule has 0 saturated carbocycles. The van der Waals surface area contributed by atoms with Gasteiger partial charge in [0.05, 0.1) is 42.4 Å². The number of carbonyl (C=O) groups is 3. The fourth-order valence-electron chi connectivity index (χ4n) is 7.20. The predicted octanol–water partition coefficient (Wildman–Crippen LogP) is 1.62. The molecule has 39 heavy (non-hydrogen) atoms. The molecule has 2 bridgehead atoms. The van der Waals surface area contributed by atoms with Crippen LogP contribution in [0.5, 0.6) is 0 Å². The van der Waals surface area contributed by atoms with Crippen molar-refractivity contribution in [1.82, 2.24) is 19.6 Å². The van der Waals surface area contributed by atoms with Gasteiger partial charge in [-0.3, -0.25) is 19.3 Å². The van der Waals surface area contributed by atoms with Crippen LogP contribution in [0.3, 0.4) is 0 Å². The van der Waals surface area contributed by atoms with Gasteiger partial charge in [-0.15, -0.1) is 24.9 Å². The van der Waals surface area contributed by atoms with Crippen molar-refractivity contribution in [2.75, 3.05) is 65.6 Å². The molecule has 0 radical (unpaired) electrons. The fraction of sp³-hybridized carbons (Fsp3) is 0.759. The smallest absolute Gasteiger partial charge is 0.247 e. The molecule has 1 spiro atoms. The molecule has 6 atom stereocenters. The van der Waals surface area contributed by atoms with Crippen LogP contribution < -0.4 is 0 Å². The Hall–Kier alpha value is -1.88. The van der Waals surface area contributed by atoms with E-state index in [9.17, 15) is 19.5 Å². The highest BCUT2D eigenvalue weighted by molar-refractivity contribution is 8.02. The summed E-state index contributed by atoms with van der Waals surface area (Å²) in [7, 11) is 0. The molecule has 0 aromatic carbocycles. The Bertz CT molecular complexity index is 958. The quantitative estimate of drug-likeness (QED) is 0.341. The van der Waals surface area contributed by atoms with Gasteiger partial charge in [-0.05, 0) is 33.1 Å². The predicted molar refractivity (Wildman–Crippen MR) is 153 cm³/mol. The first-order chi connectivity index (χ1) is 18.7. The van der Waals surface area contributed by atoms with Gasteiger partial charge in [0.15, 0.2) is 0 Å². The van der Waals surface area contributed by atoms with Crippen LogP contribution in [0.4, 0.5) is 0 Å². The third-order valence-corrected chi connectivity index (χ3v) is 11.0. The molecule has 4 aliphatic heterocycles. The number of morpholine rings is 1. The summed E-state index contributed by atoms with van der Waals surface area (Å²) in [5.74, 6) is -1.41. The van der Waals surface area contributed by atoms with Gasteiger partial charge in [-0.1, -0.05) is 19.1 Å². The molecule has 2 unspecified atom stereocenters. The SMILES string of the molecule is C=CCN(CCN1CCOCC1)C(=O)C1N([C@H](C)CO)C(=O)[C@@H]2[C@H](C(=O)N(CC=C)CCC)[C@]3(C)CCC12S3. The first-order valence-corrected chi connectivity index (χ1v) is 15.2. The van der Waals surface area contributed by atoms with Gasteiger partial charge < -0.3 is 24.5 Å². The van der Waals surface area contributed by atoms with Crippen LogP contribution in [-0.4, -0.2) is 130 Å². The number of amides is 3. The molecule has 1 N–H and O–H groups in total. The lowest BCUT2D eigenvalue weighted by molar-refractivity contribution is -0.147. The van der Waals surface area contributed by atoms with Crippen molar-refractivity contribution in [3.05, 3.63) is 25.3 Å². The number of hydrogen-bond acceptors (Lipinski definition) is 7. The molecule has 4 fully saturated rings. The second kappa shape index (κ2) is 12.3. The van der Waals surface area contributed by atoms with Gasteiger partial charge in [-0.2, -0.15) is 0 Å². The van der Waals surface area contributed by atoms with E-state index in [0.717, 1.165) is 32.5 Å². The zero-order valence-electron chi connectivity index (χ0n) is 23.8. The molecule has 9 nitrogen and oxygen atoms in total.